The molecule has 29 heavy (non-hydrogen) atoms. The van der Waals surface area contributed by atoms with Crippen LogP contribution in [0.25, 0.3) is 0 Å². The lowest BCUT2D eigenvalue weighted by molar-refractivity contribution is -0.141. The first-order valence-electron chi connectivity index (χ1n) is 9.80. The zero-order chi connectivity index (χ0) is 21.6. The molecule has 2 amide bonds. The summed E-state index contributed by atoms with van der Waals surface area (Å²) in [7, 11) is 0. The van der Waals surface area contributed by atoms with E-state index in [2.05, 4.69) is 5.32 Å². The Labute approximate surface area is 183 Å². The molecule has 1 atom stereocenters. The van der Waals surface area contributed by atoms with Crippen molar-refractivity contribution in [3.05, 3.63) is 69.2 Å². The van der Waals surface area contributed by atoms with E-state index in [9.17, 15) is 9.59 Å². The summed E-state index contributed by atoms with van der Waals surface area (Å²) < 4.78 is 0. The third-order valence-corrected chi connectivity index (χ3v) is 5.20. The molecule has 1 N–H and O–H groups in total. The van der Waals surface area contributed by atoms with Crippen LogP contribution in [0.4, 0.5) is 0 Å². The molecular weight excluding hydrogens is 407 g/mol. The Morgan fingerprint density at radius 2 is 1.83 bits per heavy atom. The van der Waals surface area contributed by atoms with Crippen LogP contribution in [0.2, 0.25) is 10.0 Å². The molecule has 0 aliphatic heterocycles. The number of amides is 2. The Balaban J connectivity index is 2.34. The van der Waals surface area contributed by atoms with Crippen molar-refractivity contribution in [1.82, 2.24) is 10.2 Å². The van der Waals surface area contributed by atoms with Gasteiger partial charge in [0.25, 0.3) is 0 Å². The van der Waals surface area contributed by atoms with Gasteiger partial charge >= 0.3 is 0 Å². The van der Waals surface area contributed by atoms with Crippen LogP contribution in [0.5, 0.6) is 0 Å². The number of nitrogens with one attached hydrogen (secondary N) is 1. The minimum Gasteiger partial charge on any atom is -0.352 e. The van der Waals surface area contributed by atoms with Gasteiger partial charge in [-0.05, 0) is 50.5 Å². The first-order chi connectivity index (χ1) is 13.7. The summed E-state index contributed by atoms with van der Waals surface area (Å²) in [6, 6.07) is 12.4. The fourth-order valence-corrected chi connectivity index (χ4v) is 3.70. The Morgan fingerprint density at radius 1 is 1.10 bits per heavy atom. The maximum atomic E-state index is 13.3. The van der Waals surface area contributed by atoms with Gasteiger partial charge in [0, 0.05) is 22.6 Å². The van der Waals surface area contributed by atoms with Gasteiger partial charge in [-0.3, -0.25) is 9.59 Å². The molecule has 0 aliphatic carbocycles. The highest BCUT2D eigenvalue weighted by atomic mass is 35.5. The van der Waals surface area contributed by atoms with Crippen molar-refractivity contribution in [2.75, 3.05) is 0 Å². The lowest BCUT2D eigenvalue weighted by atomic mass is 10.0. The molecule has 6 heteroatoms. The second-order valence-corrected chi connectivity index (χ2v) is 8.35. The third-order valence-electron chi connectivity index (χ3n) is 4.61. The average Bonchev–Trinajstić information content (AvgIpc) is 2.62. The van der Waals surface area contributed by atoms with Crippen molar-refractivity contribution in [2.24, 2.45) is 0 Å². The van der Waals surface area contributed by atoms with Gasteiger partial charge in [0.2, 0.25) is 11.8 Å². The van der Waals surface area contributed by atoms with Gasteiger partial charge in [0.1, 0.15) is 6.04 Å². The smallest absolute Gasteiger partial charge is 0.243 e. The number of carbonyl (C=O) groups is 2. The second-order valence-electron chi connectivity index (χ2n) is 7.51. The van der Waals surface area contributed by atoms with Crippen LogP contribution in [0.3, 0.4) is 0 Å². The Kier molecular flexibility index (Phi) is 8.54. The maximum absolute atomic E-state index is 13.3. The molecule has 0 bridgehead atoms. The van der Waals surface area contributed by atoms with E-state index in [1.165, 1.54) is 0 Å². The first-order valence-corrected chi connectivity index (χ1v) is 10.6. The van der Waals surface area contributed by atoms with Crippen molar-refractivity contribution < 1.29 is 9.59 Å². The van der Waals surface area contributed by atoms with Crippen LogP contribution in [0.1, 0.15) is 43.9 Å². The SMILES string of the molecule is CC[C@H](C(=O)NC(C)C)N(Cc1ccc(Cl)cc1Cl)C(=O)Cc1cccc(C)c1. The van der Waals surface area contributed by atoms with Crippen molar-refractivity contribution in [1.29, 1.82) is 0 Å². The molecule has 2 aromatic carbocycles. The highest BCUT2D eigenvalue weighted by Gasteiger charge is 2.29. The van der Waals surface area contributed by atoms with Crippen LogP contribution >= 0.6 is 23.2 Å². The largest absolute Gasteiger partial charge is 0.352 e. The average molecular weight is 435 g/mol. The van der Waals surface area contributed by atoms with Crippen molar-refractivity contribution >= 4 is 35.0 Å². The summed E-state index contributed by atoms with van der Waals surface area (Å²) in [6.45, 7) is 7.94. The van der Waals surface area contributed by atoms with Crippen LogP contribution in [0, 0.1) is 6.92 Å². The van der Waals surface area contributed by atoms with Gasteiger partial charge in [0.05, 0.1) is 6.42 Å². The molecule has 0 unspecified atom stereocenters. The lowest BCUT2D eigenvalue weighted by Crippen LogP contribution is -2.50. The molecule has 0 aliphatic rings. The monoisotopic (exact) mass is 434 g/mol. The summed E-state index contributed by atoms with van der Waals surface area (Å²) in [5.74, 6) is -0.280. The zero-order valence-electron chi connectivity index (χ0n) is 17.3. The quantitative estimate of drug-likeness (QED) is 0.622. The molecule has 0 saturated heterocycles. The van der Waals surface area contributed by atoms with Crippen LogP contribution in [-0.2, 0) is 22.6 Å². The van der Waals surface area contributed by atoms with E-state index in [1.54, 1.807) is 23.1 Å². The summed E-state index contributed by atoms with van der Waals surface area (Å²) in [5, 5.41) is 3.93. The molecule has 156 valence electrons. The van der Waals surface area contributed by atoms with Gasteiger partial charge in [-0.1, -0.05) is 66.0 Å². The van der Waals surface area contributed by atoms with E-state index >= 15 is 0 Å². The van der Waals surface area contributed by atoms with Crippen LogP contribution in [-0.4, -0.2) is 28.8 Å². The minimum atomic E-state index is -0.582. The standard InChI is InChI=1S/C23H28Cl2N2O2/c1-5-21(23(29)26-15(2)3)27(14-18-9-10-19(24)13-20(18)25)22(28)12-17-8-6-7-16(4)11-17/h6-11,13,15,21H,5,12,14H2,1-4H3,(H,26,29)/t21-/m1/s1. The van der Waals surface area contributed by atoms with E-state index in [4.69, 9.17) is 23.2 Å². The van der Waals surface area contributed by atoms with Gasteiger partial charge in [-0.25, -0.2) is 0 Å². The van der Waals surface area contributed by atoms with E-state index in [0.29, 0.717) is 16.5 Å². The van der Waals surface area contributed by atoms with Gasteiger partial charge in [-0.15, -0.1) is 0 Å². The van der Waals surface area contributed by atoms with Crippen LogP contribution in [0.15, 0.2) is 42.5 Å². The number of hydrogen-bond acceptors (Lipinski definition) is 2. The highest BCUT2D eigenvalue weighted by Crippen LogP contribution is 2.24. The molecule has 0 radical (unpaired) electrons. The van der Waals surface area contributed by atoms with Gasteiger partial charge in [0.15, 0.2) is 0 Å². The molecular formula is C23H28Cl2N2O2. The highest BCUT2D eigenvalue weighted by molar-refractivity contribution is 6.35. The fraction of sp³-hybridized carbons (Fsp3) is 0.391. The summed E-state index contributed by atoms with van der Waals surface area (Å²) in [5.41, 5.74) is 2.76. The summed E-state index contributed by atoms with van der Waals surface area (Å²) in [6.07, 6.45) is 0.724. The van der Waals surface area contributed by atoms with Crippen molar-refractivity contribution in [3.8, 4) is 0 Å². The maximum Gasteiger partial charge on any atom is 0.243 e. The number of carbonyl (C=O) groups excluding carboxylic acids is 2. The van der Waals surface area contributed by atoms with Gasteiger partial charge < -0.3 is 10.2 Å². The number of halogens is 2. The van der Waals surface area contributed by atoms with E-state index < -0.39 is 6.04 Å². The third kappa shape index (κ3) is 6.76. The van der Waals surface area contributed by atoms with Crippen LogP contribution < -0.4 is 5.32 Å². The number of nitrogens with zero attached hydrogens (tertiary/aromatic N) is 1. The first kappa shape index (κ1) is 23.2. The Bertz CT molecular complexity index is 868. The number of aryl methyl sites for hydroxylation is 1. The predicted molar refractivity (Wildman–Crippen MR) is 119 cm³/mol. The second kappa shape index (κ2) is 10.7. The fourth-order valence-electron chi connectivity index (χ4n) is 3.23. The Hall–Kier alpha value is -2.04. The molecule has 0 saturated carbocycles. The minimum absolute atomic E-state index is 0.00982. The van der Waals surface area contributed by atoms with E-state index in [0.717, 1.165) is 16.7 Å². The zero-order valence-corrected chi connectivity index (χ0v) is 18.8. The number of hydrogen-bond donors (Lipinski definition) is 1. The predicted octanol–water partition coefficient (Wildman–Crippen LogP) is 5.18. The topological polar surface area (TPSA) is 49.4 Å². The molecule has 0 heterocycles. The molecule has 2 rings (SSSR count). The van der Waals surface area contributed by atoms with E-state index in [1.807, 2.05) is 52.0 Å². The molecule has 0 aromatic heterocycles. The van der Waals surface area contributed by atoms with E-state index in [-0.39, 0.29) is 30.8 Å². The molecule has 0 spiro atoms. The lowest BCUT2D eigenvalue weighted by Gasteiger charge is -2.31. The summed E-state index contributed by atoms with van der Waals surface area (Å²) in [4.78, 5) is 27.7. The van der Waals surface area contributed by atoms with Crippen molar-refractivity contribution in [3.63, 3.8) is 0 Å². The number of rotatable bonds is 8. The Morgan fingerprint density at radius 3 is 2.41 bits per heavy atom. The number of benzene rings is 2. The van der Waals surface area contributed by atoms with Crippen molar-refractivity contribution in [2.45, 2.75) is 59.2 Å². The molecule has 2 aromatic rings. The van der Waals surface area contributed by atoms with Gasteiger partial charge in [-0.2, -0.15) is 0 Å². The molecule has 0 fully saturated rings. The normalized spacial score (nSPS) is 12.0. The molecule has 4 nitrogen and oxygen atoms in total. The summed E-state index contributed by atoms with van der Waals surface area (Å²) >= 11 is 12.4.